The molecule has 0 radical (unpaired) electrons. The zero-order chi connectivity index (χ0) is 22.7. The van der Waals surface area contributed by atoms with Crippen LogP contribution in [0, 0.1) is 11.8 Å². The Hall–Kier alpha value is -3.55. The normalized spacial score (nSPS) is 12.5. The molecule has 3 N–H and O–H groups in total. The number of halogens is 2. The molecule has 0 unspecified atom stereocenters. The van der Waals surface area contributed by atoms with Crippen LogP contribution in [0.5, 0.6) is 0 Å². The molecule has 1 aromatic carbocycles. The van der Waals surface area contributed by atoms with E-state index in [1.165, 1.54) is 22.2 Å². The first kappa shape index (κ1) is 21.7. The Morgan fingerprint density at radius 2 is 2.03 bits per heavy atom. The van der Waals surface area contributed by atoms with Crippen LogP contribution in [-0.2, 0) is 24.3 Å². The zero-order valence-corrected chi connectivity index (χ0v) is 17.7. The van der Waals surface area contributed by atoms with Crippen LogP contribution < -0.4 is 16.7 Å². The summed E-state index contributed by atoms with van der Waals surface area (Å²) >= 11 is 1.44. The van der Waals surface area contributed by atoms with Crippen molar-refractivity contribution in [2.45, 2.75) is 25.9 Å². The van der Waals surface area contributed by atoms with E-state index in [0.717, 1.165) is 31.3 Å². The molecule has 2 aromatic heterocycles. The van der Waals surface area contributed by atoms with Crippen molar-refractivity contribution in [3.05, 3.63) is 79.7 Å². The molecule has 164 valence electrons. The second-order valence-electron chi connectivity index (χ2n) is 7.20. The molecular formula is C22H19F2N5O2S. The minimum Gasteiger partial charge on any atom is -0.327 e. The molecular weight excluding hydrogens is 436 g/mol. The Kier molecular flexibility index (Phi) is 6.30. The lowest BCUT2D eigenvalue weighted by Crippen LogP contribution is -2.27. The first-order valence-electron chi connectivity index (χ1n) is 9.82. The maximum atomic E-state index is 12.8. The summed E-state index contributed by atoms with van der Waals surface area (Å²) in [4.78, 5) is 25.6. The van der Waals surface area contributed by atoms with Crippen LogP contribution in [0.1, 0.15) is 27.3 Å². The van der Waals surface area contributed by atoms with Gasteiger partial charge in [-0.2, -0.15) is 13.9 Å². The number of anilines is 1. The molecule has 4 rings (SSSR count). The third kappa shape index (κ3) is 4.85. The highest BCUT2D eigenvalue weighted by atomic mass is 32.1. The molecule has 0 saturated carbocycles. The van der Waals surface area contributed by atoms with Gasteiger partial charge in [-0.05, 0) is 42.3 Å². The van der Waals surface area contributed by atoms with Crippen LogP contribution in [0.3, 0.4) is 0 Å². The van der Waals surface area contributed by atoms with Crippen molar-refractivity contribution in [1.29, 1.82) is 0 Å². The second kappa shape index (κ2) is 9.30. The highest BCUT2D eigenvalue weighted by Gasteiger charge is 2.14. The van der Waals surface area contributed by atoms with Crippen LogP contribution in [0.25, 0.3) is 0 Å². The number of aryl methyl sites for hydroxylation is 1. The van der Waals surface area contributed by atoms with Crippen molar-refractivity contribution in [2.24, 2.45) is 5.73 Å². The number of carbonyl (C=O) groups excluding carboxylic acids is 1. The van der Waals surface area contributed by atoms with Gasteiger partial charge < -0.3 is 11.1 Å². The van der Waals surface area contributed by atoms with Gasteiger partial charge in [0.15, 0.2) is 0 Å². The van der Waals surface area contributed by atoms with Gasteiger partial charge in [-0.25, -0.2) is 9.48 Å². The van der Waals surface area contributed by atoms with Crippen molar-refractivity contribution < 1.29 is 13.6 Å². The lowest BCUT2D eigenvalue weighted by Gasteiger charge is -2.16. The number of hydrogen-bond acceptors (Lipinski definition) is 5. The summed E-state index contributed by atoms with van der Waals surface area (Å²) in [6.45, 7) is -0.409. The van der Waals surface area contributed by atoms with E-state index in [1.54, 1.807) is 0 Å². The summed E-state index contributed by atoms with van der Waals surface area (Å²) < 4.78 is 27.9. The number of amides is 1. The molecule has 0 spiro atoms. The van der Waals surface area contributed by atoms with Crippen molar-refractivity contribution in [3.8, 4) is 11.8 Å². The van der Waals surface area contributed by atoms with E-state index in [4.69, 9.17) is 5.73 Å². The fraction of sp³-hybridized carbons (Fsp3) is 0.227. The minimum atomic E-state index is -1.89. The molecule has 1 aliphatic heterocycles. The van der Waals surface area contributed by atoms with E-state index in [2.05, 4.69) is 22.3 Å². The molecule has 0 atom stereocenters. The van der Waals surface area contributed by atoms with Gasteiger partial charge in [0, 0.05) is 34.7 Å². The van der Waals surface area contributed by atoms with Crippen molar-refractivity contribution >= 4 is 22.9 Å². The van der Waals surface area contributed by atoms with Crippen molar-refractivity contribution in [1.82, 2.24) is 14.3 Å². The van der Waals surface area contributed by atoms with E-state index in [1.807, 2.05) is 30.3 Å². The Bertz CT molecular complexity index is 1320. The van der Waals surface area contributed by atoms with E-state index in [9.17, 15) is 18.4 Å². The fourth-order valence-electron chi connectivity index (χ4n) is 3.26. The Labute approximate surface area is 186 Å². The second-order valence-corrected chi connectivity index (χ2v) is 8.37. The molecule has 7 nitrogen and oxygen atoms in total. The van der Waals surface area contributed by atoms with Crippen LogP contribution in [-0.4, -0.2) is 26.8 Å². The average Bonchev–Trinajstić information content (AvgIpc) is 3.37. The Balaban J connectivity index is 1.45. The largest absolute Gasteiger partial charge is 0.346 e. The van der Waals surface area contributed by atoms with Gasteiger partial charge in [-0.1, -0.05) is 11.8 Å². The molecule has 0 fully saturated rings. The van der Waals surface area contributed by atoms with Gasteiger partial charge in [0.25, 0.3) is 6.08 Å². The quantitative estimate of drug-likeness (QED) is 0.578. The molecule has 1 amide bonds. The van der Waals surface area contributed by atoms with Gasteiger partial charge in [-0.3, -0.25) is 9.36 Å². The maximum absolute atomic E-state index is 12.8. The monoisotopic (exact) mass is 455 g/mol. The third-order valence-electron chi connectivity index (χ3n) is 4.97. The predicted molar refractivity (Wildman–Crippen MR) is 118 cm³/mol. The summed E-state index contributed by atoms with van der Waals surface area (Å²) in [5.41, 5.74) is 7.25. The van der Waals surface area contributed by atoms with E-state index in [-0.39, 0.29) is 31.1 Å². The van der Waals surface area contributed by atoms with Crippen molar-refractivity contribution in [2.75, 3.05) is 11.9 Å². The van der Waals surface area contributed by atoms with E-state index >= 15 is 0 Å². The number of nitrogens with zero attached hydrogens (tertiary/aromatic N) is 3. The standard InChI is InChI=1S/C22H19F2N5O2S/c23-21(24)16(10-25)11-29-22(31)28(13-26-29)12-18-6-5-17(32-18)4-1-14-2-7-19-15(9-14)3-8-20(30)27-19/h2,5-7,9,13H,3,8,10-12,25H2,(H,27,30). The minimum absolute atomic E-state index is 0.0259. The lowest BCUT2D eigenvalue weighted by molar-refractivity contribution is -0.116. The molecule has 0 aliphatic carbocycles. The number of hydrogen-bond donors (Lipinski definition) is 2. The summed E-state index contributed by atoms with van der Waals surface area (Å²) in [7, 11) is 0. The highest BCUT2D eigenvalue weighted by Crippen LogP contribution is 2.23. The van der Waals surface area contributed by atoms with Gasteiger partial charge in [0.2, 0.25) is 5.91 Å². The summed E-state index contributed by atoms with van der Waals surface area (Å²) in [5.74, 6) is 6.27. The molecule has 10 heteroatoms. The van der Waals surface area contributed by atoms with Crippen LogP contribution in [0.2, 0.25) is 0 Å². The molecule has 0 saturated heterocycles. The summed E-state index contributed by atoms with van der Waals surface area (Å²) in [6.07, 6.45) is 0.603. The fourth-order valence-corrected chi connectivity index (χ4v) is 4.12. The lowest BCUT2D eigenvalue weighted by atomic mass is 10.0. The first-order valence-corrected chi connectivity index (χ1v) is 10.6. The van der Waals surface area contributed by atoms with E-state index in [0.29, 0.717) is 12.8 Å². The number of thiophene rings is 1. The van der Waals surface area contributed by atoms with Crippen LogP contribution >= 0.6 is 11.3 Å². The van der Waals surface area contributed by atoms with Crippen LogP contribution in [0.4, 0.5) is 14.5 Å². The van der Waals surface area contributed by atoms with E-state index < -0.39 is 11.8 Å². The molecule has 3 aromatic rings. The first-order chi connectivity index (χ1) is 15.4. The number of fused-ring (bicyclic) bond motifs is 1. The van der Waals surface area contributed by atoms with Gasteiger partial charge in [0.1, 0.15) is 6.33 Å². The molecule has 32 heavy (non-hydrogen) atoms. The summed E-state index contributed by atoms with van der Waals surface area (Å²) in [6, 6.07) is 9.45. The maximum Gasteiger partial charge on any atom is 0.346 e. The Morgan fingerprint density at radius 3 is 2.81 bits per heavy atom. The molecule has 3 heterocycles. The van der Waals surface area contributed by atoms with Crippen LogP contribution in [0.15, 0.2) is 53.1 Å². The average molecular weight is 455 g/mol. The topological polar surface area (TPSA) is 94.9 Å². The number of aromatic nitrogens is 3. The van der Waals surface area contributed by atoms with Gasteiger partial charge in [0.05, 0.1) is 18.0 Å². The third-order valence-corrected chi connectivity index (χ3v) is 5.96. The molecule has 1 aliphatic rings. The number of nitrogens with two attached hydrogens (primary N) is 1. The number of nitrogens with one attached hydrogen (secondary N) is 1. The summed E-state index contributed by atoms with van der Waals surface area (Å²) in [5, 5.41) is 6.75. The van der Waals surface area contributed by atoms with Crippen molar-refractivity contribution in [3.63, 3.8) is 0 Å². The zero-order valence-electron chi connectivity index (χ0n) is 16.9. The SMILES string of the molecule is NCC(Cn1ncn(Cc2ccc(C#Cc3ccc4c(c3)CCC(=O)N4)s2)c1=O)=C(F)F. The number of benzene rings is 1. The van der Waals surface area contributed by atoms with Gasteiger partial charge >= 0.3 is 5.69 Å². The predicted octanol–water partition coefficient (Wildman–Crippen LogP) is 2.55. The molecule has 0 bridgehead atoms. The van der Waals surface area contributed by atoms with Gasteiger partial charge in [-0.15, -0.1) is 11.3 Å². The number of carbonyl (C=O) groups is 1. The highest BCUT2D eigenvalue weighted by molar-refractivity contribution is 7.12. The Morgan fingerprint density at radius 1 is 1.19 bits per heavy atom. The smallest absolute Gasteiger partial charge is 0.327 e. The number of rotatable bonds is 5.